The highest BCUT2D eigenvalue weighted by Gasteiger charge is 2.09. The molecule has 3 nitrogen and oxygen atoms in total. The van der Waals surface area contributed by atoms with Crippen LogP contribution in [0, 0.1) is 0 Å². The van der Waals surface area contributed by atoms with Gasteiger partial charge in [0.15, 0.2) is 0 Å². The highest BCUT2D eigenvalue weighted by molar-refractivity contribution is 7.91. The van der Waals surface area contributed by atoms with Gasteiger partial charge in [-0.2, -0.15) is 0 Å². The lowest BCUT2D eigenvalue weighted by Gasteiger charge is -2.06. The SMILES string of the molecule is CCCS(=O)(=O)CCCCC(O)CC. The normalized spacial score (nSPS) is 14.2. The van der Waals surface area contributed by atoms with Gasteiger partial charge in [-0.3, -0.25) is 0 Å². The second-order valence-corrected chi connectivity index (χ2v) is 6.01. The van der Waals surface area contributed by atoms with Crippen LogP contribution in [0.3, 0.4) is 0 Å². The van der Waals surface area contributed by atoms with Crippen molar-refractivity contribution in [2.75, 3.05) is 11.5 Å². The fraction of sp³-hybridized carbons (Fsp3) is 1.00. The summed E-state index contributed by atoms with van der Waals surface area (Å²) in [7, 11) is -2.82. The molecule has 0 bridgehead atoms. The molecule has 0 aromatic rings. The molecule has 0 rings (SSSR count). The monoisotopic (exact) mass is 222 g/mol. The molecule has 0 saturated carbocycles. The first-order chi connectivity index (χ1) is 6.52. The van der Waals surface area contributed by atoms with E-state index in [4.69, 9.17) is 0 Å². The molecule has 0 aliphatic rings. The number of aliphatic hydroxyl groups is 1. The lowest BCUT2D eigenvalue weighted by molar-refractivity contribution is 0.157. The number of hydrogen-bond donors (Lipinski definition) is 1. The summed E-state index contributed by atoms with van der Waals surface area (Å²) in [5.41, 5.74) is 0. The quantitative estimate of drug-likeness (QED) is 0.637. The third-order valence-electron chi connectivity index (χ3n) is 2.23. The van der Waals surface area contributed by atoms with Crippen LogP contribution in [0.5, 0.6) is 0 Å². The van der Waals surface area contributed by atoms with Gasteiger partial charge in [0, 0.05) is 5.75 Å². The number of rotatable bonds is 8. The van der Waals surface area contributed by atoms with Crippen LogP contribution in [0.1, 0.15) is 46.0 Å². The predicted octanol–water partition coefficient (Wildman–Crippen LogP) is 1.75. The van der Waals surface area contributed by atoms with Crippen molar-refractivity contribution >= 4 is 9.84 Å². The molecule has 1 unspecified atom stereocenters. The Kier molecular flexibility index (Phi) is 7.19. The summed E-state index contributed by atoms with van der Waals surface area (Å²) in [6, 6.07) is 0. The smallest absolute Gasteiger partial charge is 0.150 e. The van der Waals surface area contributed by atoms with Crippen LogP contribution >= 0.6 is 0 Å². The van der Waals surface area contributed by atoms with Crippen molar-refractivity contribution in [3.63, 3.8) is 0 Å². The Morgan fingerprint density at radius 1 is 1.14 bits per heavy atom. The van der Waals surface area contributed by atoms with E-state index in [0.29, 0.717) is 18.6 Å². The molecule has 14 heavy (non-hydrogen) atoms. The Labute approximate surface area is 87.4 Å². The summed E-state index contributed by atoms with van der Waals surface area (Å²) in [4.78, 5) is 0. The molecule has 1 atom stereocenters. The standard InChI is InChI=1S/C10H22O3S/c1-3-8-14(12,13)9-6-5-7-10(11)4-2/h10-11H,3-9H2,1-2H3. The molecule has 86 valence electrons. The van der Waals surface area contributed by atoms with Gasteiger partial charge in [-0.25, -0.2) is 8.42 Å². The van der Waals surface area contributed by atoms with E-state index in [2.05, 4.69) is 0 Å². The third kappa shape index (κ3) is 7.33. The van der Waals surface area contributed by atoms with Gasteiger partial charge in [0.05, 0.1) is 11.9 Å². The van der Waals surface area contributed by atoms with Gasteiger partial charge in [-0.05, 0) is 32.1 Å². The van der Waals surface area contributed by atoms with Crippen LogP contribution in [0.2, 0.25) is 0 Å². The lowest BCUT2D eigenvalue weighted by Crippen LogP contribution is -2.11. The summed E-state index contributed by atoms with van der Waals surface area (Å²) in [6.07, 6.45) is 3.39. The van der Waals surface area contributed by atoms with E-state index in [1.807, 2.05) is 13.8 Å². The first-order valence-electron chi connectivity index (χ1n) is 5.40. The van der Waals surface area contributed by atoms with E-state index >= 15 is 0 Å². The van der Waals surface area contributed by atoms with Crippen molar-refractivity contribution in [1.29, 1.82) is 0 Å². The fourth-order valence-corrected chi connectivity index (χ4v) is 2.79. The van der Waals surface area contributed by atoms with Crippen molar-refractivity contribution in [1.82, 2.24) is 0 Å². The zero-order valence-corrected chi connectivity index (χ0v) is 10.0. The molecule has 0 saturated heterocycles. The van der Waals surface area contributed by atoms with Crippen LogP contribution in [0.15, 0.2) is 0 Å². The van der Waals surface area contributed by atoms with Gasteiger partial charge in [0.1, 0.15) is 9.84 Å². The minimum absolute atomic E-state index is 0.260. The van der Waals surface area contributed by atoms with Gasteiger partial charge in [-0.1, -0.05) is 13.8 Å². The largest absolute Gasteiger partial charge is 0.393 e. The van der Waals surface area contributed by atoms with Gasteiger partial charge in [-0.15, -0.1) is 0 Å². The Morgan fingerprint density at radius 2 is 1.79 bits per heavy atom. The fourth-order valence-electron chi connectivity index (χ4n) is 1.32. The number of hydrogen-bond acceptors (Lipinski definition) is 3. The molecule has 0 fully saturated rings. The molecule has 0 spiro atoms. The third-order valence-corrected chi connectivity index (χ3v) is 4.17. The molecule has 0 aliphatic carbocycles. The van der Waals surface area contributed by atoms with Crippen LogP contribution < -0.4 is 0 Å². The summed E-state index contributed by atoms with van der Waals surface area (Å²) in [5, 5.41) is 9.24. The zero-order chi connectivity index (χ0) is 11.0. The highest BCUT2D eigenvalue weighted by Crippen LogP contribution is 2.06. The molecule has 4 heteroatoms. The average Bonchev–Trinajstić information content (AvgIpc) is 2.12. The summed E-state index contributed by atoms with van der Waals surface area (Å²) < 4.78 is 22.6. The van der Waals surface area contributed by atoms with E-state index in [0.717, 1.165) is 19.3 Å². The Balaban J connectivity index is 3.54. The second-order valence-electron chi connectivity index (χ2n) is 3.71. The van der Waals surface area contributed by atoms with E-state index in [9.17, 15) is 13.5 Å². The Morgan fingerprint density at radius 3 is 2.29 bits per heavy atom. The molecule has 0 aliphatic heterocycles. The van der Waals surface area contributed by atoms with Crippen LogP contribution in [0.4, 0.5) is 0 Å². The molecule has 0 radical (unpaired) electrons. The summed E-state index contributed by atoms with van der Waals surface area (Å²) >= 11 is 0. The highest BCUT2D eigenvalue weighted by atomic mass is 32.2. The summed E-state index contributed by atoms with van der Waals surface area (Å²) in [5.74, 6) is 0.570. The number of unbranched alkanes of at least 4 members (excludes halogenated alkanes) is 1. The molecular formula is C10H22O3S. The van der Waals surface area contributed by atoms with E-state index in [1.54, 1.807) is 0 Å². The first-order valence-corrected chi connectivity index (χ1v) is 7.22. The van der Waals surface area contributed by atoms with Gasteiger partial charge in [0.2, 0.25) is 0 Å². The second kappa shape index (κ2) is 7.23. The maximum absolute atomic E-state index is 11.3. The molecule has 1 N–H and O–H groups in total. The molecule has 0 amide bonds. The Bertz CT molecular complexity index is 222. The van der Waals surface area contributed by atoms with Gasteiger partial charge in [0.25, 0.3) is 0 Å². The van der Waals surface area contributed by atoms with Crippen molar-refractivity contribution < 1.29 is 13.5 Å². The molecule has 0 aromatic heterocycles. The van der Waals surface area contributed by atoms with Crippen LogP contribution in [0.25, 0.3) is 0 Å². The van der Waals surface area contributed by atoms with Crippen LogP contribution in [-0.4, -0.2) is 31.1 Å². The maximum atomic E-state index is 11.3. The molecule has 0 heterocycles. The Hall–Kier alpha value is -0.0900. The topological polar surface area (TPSA) is 54.4 Å². The number of sulfone groups is 1. The minimum Gasteiger partial charge on any atom is -0.393 e. The average molecular weight is 222 g/mol. The van der Waals surface area contributed by atoms with E-state index in [1.165, 1.54) is 0 Å². The van der Waals surface area contributed by atoms with Gasteiger partial charge < -0.3 is 5.11 Å². The predicted molar refractivity (Wildman–Crippen MR) is 59.1 cm³/mol. The van der Waals surface area contributed by atoms with Crippen molar-refractivity contribution in [2.45, 2.75) is 52.1 Å². The van der Waals surface area contributed by atoms with E-state index < -0.39 is 9.84 Å². The van der Waals surface area contributed by atoms with Crippen molar-refractivity contribution in [3.8, 4) is 0 Å². The number of aliphatic hydroxyl groups excluding tert-OH is 1. The zero-order valence-electron chi connectivity index (χ0n) is 9.20. The van der Waals surface area contributed by atoms with Gasteiger partial charge >= 0.3 is 0 Å². The lowest BCUT2D eigenvalue weighted by atomic mass is 10.1. The summed E-state index contributed by atoms with van der Waals surface area (Å²) in [6.45, 7) is 3.80. The van der Waals surface area contributed by atoms with Crippen LogP contribution in [-0.2, 0) is 9.84 Å². The maximum Gasteiger partial charge on any atom is 0.150 e. The first kappa shape index (κ1) is 13.9. The minimum atomic E-state index is -2.82. The van der Waals surface area contributed by atoms with E-state index in [-0.39, 0.29) is 11.9 Å². The van der Waals surface area contributed by atoms with Crippen molar-refractivity contribution in [2.24, 2.45) is 0 Å². The van der Waals surface area contributed by atoms with Crippen molar-refractivity contribution in [3.05, 3.63) is 0 Å². The molecular weight excluding hydrogens is 200 g/mol. The molecule has 0 aromatic carbocycles.